The third-order valence-corrected chi connectivity index (χ3v) is 4.06. The van der Waals surface area contributed by atoms with E-state index in [0.29, 0.717) is 6.61 Å². The lowest BCUT2D eigenvalue weighted by atomic mass is 10.1. The second-order valence-corrected chi connectivity index (χ2v) is 5.35. The Bertz CT molecular complexity index is 396. The minimum Gasteiger partial charge on any atom is -0.396 e. The topological polar surface area (TPSA) is 32.3 Å². The normalized spacial score (nSPS) is 20.6. The van der Waals surface area contributed by atoms with E-state index >= 15 is 0 Å². The van der Waals surface area contributed by atoms with E-state index in [4.69, 9.17) is 0 Å². The molecule has 1 aromatic rings. The lowest BCUT2D eigenvalue weighted by molar-refractivity contribution is 0.220. The molecular formula is C14H19NO. The van der Waals surface area contributed by atoms with E-state index in [9.17, 15) is 5.11 Å². The molecule has 16 heavy (non-hydrogen) atoms. The third-order valence-electron chi connectivity index (χ3n) is 4.06. The fourth-order valence-corrected chi connectivity index (χ4v) is 2.54. The van der Waals surface area contributed by atoms with E-state index in [1.165, 1.54) is 48.9 Å². The molecule has 2 heteroatoms. The number of aryl methyl sites for hydroxylation is 2. The summed E-state index contributed by atoms with van der Waals surface area (Å²) < 4.78 is 0. The van der Waals surface area contributed by atoms with Crippen LogP contribution in [0.25, 0.3) is 0 Å². The number of aliphatic hydroxyl groups excluding tert-OH is 1. The Morgan fingerprint density at radius 2 is 2.00 bits per heavy atom. The first-order chi connectivity index (χ1) is 7.81. The summed E-state index contributed by atoms with van der Waals surface area (Å²) in [5, 5.41) is 12.7. The molecule has 0 aromatic heterocycles. The van der Waals surface area contributed by atoms with Crippen LogP contribution in [0.3, 0.4) is 0 Å². The molecule has 2 aliphatic carbocycles. The lowest BCUT2D eigenvalue weighted by Gasteiger charge is -2.14. The predicted molar refractivity (Wildman–Crippen MR) is 65.7 cm³/mol. The average molecular weight is 217 g/mol. The van der Waals surface area contributed by atoms with Crippen LogP contribution in [0.5, 0.6) is 0 Å². The van der Waals surface area contributed by atoms with Gasteiger partial charge >= 0.3 is 0 Å². The van der Waals surface area contributed by atoms with Crippen molar-refractivity contribution in [1.82, 2.24) is 0 Å². The highest BCUT2D eigenvalue weighted by molar-refractivity contribution is 5.50. The number of hydrogen-bond donors (Lipinski definition) is 2. The van der Waals surface area contributed by atoms with Gasteiger partial charge in [0.15, 0.2) is 0 Å². The minimum atomic E-state index is 0.193. The molecule has 1 saturated carbocycles. The minimum absolute atomic E-state index is 0.193. The van der Waals surface area contributed by atoms with Gasteiger partial charge in [0, 0.05) is 17.6 Å². The molecule has 0 atom stereocenters. The molecule has 0 radical (unpaired) electrons. The van der Waals surface area contributed by atoms with E-state index in [-0.39, 0.29) is 5.41 Å². The number of hydrogen-bond acceptors (Lipinski definition) is 2. The second kappa shape index (κ2) is 3.77. The van der Waals surface area contributed by atoms with Crippen molar-refractivity contribution in [3.8, 4) is 0 Å². The Balaban J connectivity index is 1.66. The smallest absolute Gasteiger partial charge is 0.0504 e. The molecule has 2 N–H and O–H groups in total. The van der Waals surface area contributed by atoms with Crippen LogP contribution in [-0.2, 0) is 12.8 Å². The zero-order valence-electron chi connectivity index (χ0n) is 9.63. The summed E-state index contributed by atoms with van der Waals surface area (Å²) in [5.41, 5.74) is 4.45. The molecule has 2 nitrogen and oxygen atoms in total. The number of benzene rings is 1. The maximum Gasteiger partial charge on any atom is 0.0504 e. The van der Waals surface area contributed by atoms with E-state index in [1.54, 1.807) is 0 Å². The van der Waals surface area contributed by atoms with Gasteiger partial charge in [-0.3, -0.25) is 0 Å². The van der Waals surface area contributed by atoms with Gasteiger partial charge in [0.2, 0.25) is 0 Å². The molecule has 0 aliphatic heterocycles. The molecule has 0 saturated heterocycles. The molecule has 1 aromatic carbocycles. The monoisotopic (exact) mass is 217 g/mol. The van der Waals surface area contributed by atoms with Gasteiger partial charge in [-0.25, -0.2) is 0 Å². The number of fused-ring (bicyclic) bond motifs is 1. The summed E-state index contributed by atoms with van der Waals surface area (Å²) in [4.78, 5) is 0. The zero-order chi connectivity index (χ0) is 11.0. The zero-order valence-corrected chi connectivity index (χ0v) is 9.63. The van der Waals surface area contributed by atoms with Crippen molar-refractivity contribution in [2.45, 2.75) is 32.1 Å². The number of nitrogens with one attached hydrogen (secondary N) is 1. The van der Waals surface area contributed by atoms with Gasteiger partial charge in [0.05, 0.1) is 6.61 Å². The van der Waals surface area contributed by atoms with E-state index < -0.39 is 0 Å². The fraction of sp³-hybridized carbons (Fsp3) is 0.571. The Hall–Kier alpha value is -1.02. The first-order valence-corrected chi connectivity index (χ1v) is 6.28. The highest BCUT2D eigenvalue weighted by atomic mass is 16.3. The number of anilines is 1. The summed E-state index contributed by atoms with van der Waals surface area (Å²) in [6.45, 7) is 1.24. The highest BCUT2D eigenvalue weighted by Gasteiger charge is 2.41. The van der Waals surface area contributed by atoms with Crippen molar-refractivity contribution in [3.05, 3.63) is 29.3 Å². The van der Waals surface area contributed by atoms with Crippen molar-refractivity contribution in [2.75, 3.05) is 18.5 Å². The van der Waals surface area contributed by atoms with Crippen LogP contribution in [0.4, 0.5) is 5.69 Å². The van der Waals surface area contributed by atoms with Crippen LogP contribution in [0.15, 0.2) is 18.2 Å². The van der Waals surface area contributed by atoms with Crippen molar-refractivity contribution in [3.63, 3.8) is 0 Å². The summed E-state index contributed by atoms with van der Waals surface area (Å²) in [7, 11) is 0. The van der Waals surface area contributed by atoms with Gasteiger partial charge < -0.3 is 10.4 Å². The molecule has 0 amide bonds. The summed E-state index contributed by atoms with van der Waals surface area (Å²) in [5.74, 6) is 0. The van der Waals surface area contributed by atoms with Gasteiger partial charge in [0.1, 0.15) is 0 Å². The van der Waals surface area contributed by atoms with Crippen molar-refractivity contribution >= 4 is 5.69 Å². The Kier molecular flexibility index (Phi) is 2.40. The molecular weight excluding hydrogens is 198 g/mol. The predicted octanol–water partition coefficient (Wildman–Crippen LogP) is 2.36. The summed E-state index contributed by atoms with van der Waals surface area (Å²) in [6.07, 6.45) is 6.12. The van der Waals surface area contributed by atoms with Crippen molar-refractivity contribution in [1.29, 1.82) is 0 Å². The first kappa shape index (κ1) is 10.2. The lowest BCUT2D eigenvalue weighted by Crippen LogP contribution is -2.19. The SMILES string of the molecule is OCC1(CNc2ccc3c(c2)CCC3)CC1. The summed E-state index contributed by atoms with van der Waals surface area (Å²) >= 11 is 0. The Morgan fingerprint density at radius 1 is 1.19 bits per heavy atom. The van der Waals surface area contributed by atoms with Crippen LogP contribution in [0.1, 0.15) is 30.4 Å². The van der Waals surface area contributed by atoms with E-state index in [0.717, 1.165) is 6.54 Å². The first-order valence-electron chi connectivity index (χ1n) is 6.28. The third kappa shape index (κ3) is 1.82. The van der Waals surface area contributed by atoms with Gasteiger partial charge in [-0.15, -0.1) is 0 Å². The molecule has 3 rings (SSSR count). The van der Waals surface area contributed by atoms with E-state index in [1.807, 2.05) is 0 Å². The highest BCUT2D eigenvalue weighted by Crippen LogP contribution is 2.45. The van der Waals surface area contributed by atoms with Gasteiger partial charge in [-0.1, -0.05) is 6.07 Å². The largest absolute Gasteiger partial charge is 0.396 e. The summed E-state index contributed by atoms with van der Waals surface area (Å²) in [6, 6.07) is 6.72. The van der Waals surface area contributed by atoms with Gasteiger partial charge in [0.25, 0.3) is 0 Å². The standard InChI is InChI=1S/C14H19NO/c16-10-14(6-7-14)9-15-13-5-4-11-2-1-3-12(11)8-13/h4-5,8,15-16H,1-3,6-7,9-10H2. The molecule has 0 unspecified atom stereocenters. The van der Waals surface area contributed by atoms with Crippen LogP contribution in [0.2, 0.25) is 0 Å². The number of aliphatic hydroxyl groups is 1. The van der Waals surface area contributed by atoms with Crippen LogP contribution < -0.4 is 5.32 Å². The van der Waals surface area contributed by atoms with Crippen LogP contribution >= 0.6 is 0 Å². The molecule has 2 aliphatic rings. The van der Waals surface area contributed by atoms with Crippen LogP contribution in [-0.4, -0.2) is 18.3 Å². The van der Waals surface area contributed by atoms with E-state index in [2.05, 4.69) is 23.5 Å². The Labute approximate surface area is 96.7 Å². The maximum absolute atomic E-state index is 9.25. The Morgan fingerprint density at radius 3 is 2.75 bits per heavy atom. The molecule has 0 heterocycles. The van der Waals surface area contributed by atoms with Gasteiger partial charge in [-0.05, 0) is 55.4 Å². The molecule has 86 valence electrons. The second-order valence-electron chi connectivity index (χ2n) is 5.35. The van der Waals surface area contributed by atoms with Crippen molar-refractivity contribution < 1.29 is 5.11 Å². The molecule has 0 spiro atoms. The average Bonchev–Trinajstić information content (AvgIpc) is 2.96. The quantitative estimate of drug-likeness (QED) is 0.811. The van der Waals surface area contributed by atoms with Crippen molar-refractivity contribution in [2.24, 2.45) is 5.41 Å². The molecule has 1 fully saturated rings. The maximum atomic E-state index is 9.25. The molecule has 0 bridgehead atoms. The van der Waals surface area contributed by atoms with Crippen LogP contribution in [0, 0.1) is 5.41 Å². The van der Waals surface area contributed by atoms with Gasteiger partial charge in [-0.2, -0.15) is 0 Å². The number of rotatable bonds is 4. The fourth-order valence-electron chi connectivity index (χ4n) is 2.54.